The fourth-order valence-corrected chi connectivity index (χ4v) is 1.75. The highest BCUT2D eigenvalue weighted by molar-refractivity contribution is 5.87. The van der Waals surface area contributed by atoms with Gasteiger partial charge in [-0.1, -0.05) is 12.1 Å². The molecule has 2 aromatic rings. The molecule has 2 rings (SSSR count). The average Bonchev–Trinajstić information content (AvgIpc) is 2.46. The van der Waals surface area contributed by atoms with Crippen molar-refractivity contribution in [1.29, 1.82) is 0 Å². The predicted octanol–water partition coefficient (Wildman–Crippen LogP) is 1.34. The Hall–Kier alpha value is -2.63. The summed E-state index contributed by atoms with van der Waals surface area (Å²) in [6.07, 6.45) is 1.43. The summed E-state index contributed by atoms with van der Waals surface area (Å²) in [5, 5.41) is 4.01. The Balaban J connectivity index is 2.66. The van der Waals surface area contributed by atoms with Crippen molar-refractivity contribution in [2.75, 3.05) is 14.2 Å². The molecule has 0 bridgehead atoms. The molecule has 20 heavy (non-hydrogen) atoms. The van der Waals surface area contributed by atoms with Crippen LogP contribution in [0.1, 0.15) is 16.1 Å². The molecular formula is C14H14N2O4. The van der Waals surface area contributed by atoms with Crippen LogP contribution in [0.25, 0.3) is 5.69 Å². The number of benzene rings is 1. The lowest BCUT2D eigenvalue weighted by Crippen LogP contribution is -2.23. The first-order valence-corrected chi connectivity index (χ1v) is 5.90. The fraction of sp³-hybridized carbons (Fsp3) is 0.214. The molecule has 0 unspecified atom stereocenters. The van der Waals surface area contributed by atoms with Gasteiger partial charge in [-0.05, 0) is 24.6 Å². The second-order valence-corrected chi connectivity index (χ2v) is 4.15. The highest BCUT2D eigenvalue weighted by atomic mass is 16.5. The van der Waals surface area contributed by atoms with Gasteiger partial charge in [0.25, 0.3) is 5.43 Å². The van der Waals surface area contributed by atoms with Gasteiger partial charge in [0.2, 0.25) is 5.69 Å². The second kappa shape index (κ2) is 5.56. The quantitative estimate of drug-likeness (QED) is 0.790. The highest BCUT2D eigenvalue weighted by Crippen LogP contribution is 2.12. The Bertz CT molecular complexity index is 707. The van der Waals surface area contributed by atoms with E-state index in [1.807, 2.05) is 31.2 Å². The van der Waals surface area contributed by atoms with Gasteiger partial charge in [-0.25, -0.2) is 9.48 Å². The summed E-state index contributed by atoms with van der Waals surface area (Å²) >= 11 is 0. The highest BCUT2D eigenvalue weighted by Gasteiger charge is 2.18. The summed E-state index contributed by atoms with van der Waals surface area (Å²) in [6, 6.07) is 7.47. The molecule has 104 valence electrons. The van der Waals surface area contributed by atoms with Crippen LogP contribution in [0.2, 0.25) is 0 Å². The summed E-state index contributed by atoms with van der Waals surface area (Å²) in [6.45, 7) is 1.93. The smallest absolute Gasteiger partial charge is 0.362 e. The Morgan fingerprint density at radius 3 is 2.65 bits per heavy atom. The van der Waals surface area contributed by atoms with E-state index in [9.17, 15) is 9.59 Å². The molecule has 0 aliphatic rings. The van der Waals surface area contributed by atoms with Crippen molar-refractivity contribution in [1.82, 2.24) is 9.78 Å². The summed E-state index contributed by atoms with van der Waals surface area (Å²) in [5.74, 6) is -0.766. The van der Waals surface area contributed by atoms with Crippen LogP contribution in [0.15, 0.2) is 35.3 Å². The lowest BCUT2D eigenvalue weighted by Gasteiger charge is -2.09. The minimum Gasteiger partial charge on any atom is -0.491 e. The maximum absolute atomic E-state index is 11.9. The number of carbonyl (C=O) groups is 1. The summed E-state index contributed by atoms with van der Waals surface area (Å²) in [4.78, 5) is 23.5. The Kier molecular flexibility index (Phi) is 3.84. The van der Waals surface area contributed by atoms with Gasteiger partial charge in [-0.3, -0.25) is 4.79 Å². The molecular weight excluding hydrogens is 260 g/mol. The van der Waals surface area contributed by atoms with E-state index in [4.69, 9.17) is 4.74 Å². The van der Waals surface area contributed by atoms with Gasteiger partial charge in [0.1, 0.15) is 0 Å². The van der Waals surface area contributed by atoms with Crippen molar-refractivity contribution in [2.24, 2.45) is 0 Å². The first kappa shape index (κ1) is 13.8. The van der Waals surface area contributed by atoms with E-state index in [-0.39, 0.29) is 11.4 Å². The molecule has 0 amide bonds. The summed E-state index contributed by atoms with van der Waals surface area (Å²) in [5.41, 5.74) is 0.839. The van der Waals surface area contributed by atoms with Crippen LogP contribution in [0.3, 0.4) is 0 Å². The molecule has 0 fully saturated rings. The summed E-state index contributed by atoms with van der Waals surface area (Å²) in [7, 11) is 2.55. The monoisotopic (exact) mass is 274 g/mol. The van der Waals surface area contributed by atoms with Crippen molar-refractivity contribution < 1.29 is 14.3 Å². The van der Waals surface area contributed by atoms with Crippen LogP contribution in [0.4, 0.5) is 0 Å². The van der Waals surface area contributed by atoms with Gasteiger partial charge < -0.3 is 9.47 Å². The lowest BCUT2D eigenvalue weighted by molar-refractivity contribution is 0.0589. The first-order chi connectivity index (χ1) is 9.56. The van der Waals surface area contributed by atoms with Crippen LogP contribution in [0, 0.1) is 6.92 Å². The fourth-order valence-electron chi connectivity index (χ4n) is 1.75. The molecule has 0 spiro atoms. The predicted molar refractivity (Wildman–Crippen MR) is 72.5 cm³/mol. The Morgan fingerprint density at radius 1 is 1.30 bits per heavy atom. The van der Waals surface area contributed by atoms with Crippen LogP contribution < -0.4 is 10.2 Å². The molecule has 0 radical (unpaired) electrons. The number of aromatic nitrogens is 2. The van der Waals surface area contributed by atoms with Crippen molar-refractivity contribution in [3.63, 3.8) is 0 Å². The molecule has 1 aromatic heterocycles. The zero-order chi connectivity index (χ0) is 14.7. The number of carbonyl (C=O) groups excluding carboxylic acids is 1. The van der Waals surface area contributed by atoms with Crippen molar-refractivity contribution >= 4 is 5.97 Å². The lowest BCUT2D eigenvalue weighted by atomic mass is 10.2. The molecule has 1 aromatic carbocycles. The molecule has 6 nitrogen and oxygen atoms in total. The number of hydrogen-bond acceptors (Lipinski definition) is 5. The number of nitrogens with zero attached hydrogens (tertiary/aromatic N) is 2. The normalized spacial score (nSPS) is 10.2. The number of rotatable bonds is 3. The molecule has 6 heteroatoms. The van der Waals surface area contributed by atoms with E-state index in [0.29, 0.717) is 5.69 Å². The third-order valence-corrected chi connectivity index (χ3v) is 2.75. The van der Waals surface area contributed by atoms with Gasteiger partial charge in [-0.2, -0.15) is 5.10 Å². The number of methoxy groups -OCH3 is 2. The Morgan fingerprint density at radius 2 is 2.05 bits per heavy atom. The minimum absolute atomic E-state index is 0.0295. The van der Waals surface area contributed by atoms with E-state index >= 15 is 0 Å². The molecule has 1 heterocycles. The minimum atomic E-state index is -0.796. The molecule has 0 aliphatic carbocycles. The molecule has 0 N–H and O–H groups in total. The van der Waals surface area contributed by atoms with E-state index in [1.54, 1.807) is 0 Å². The average molecular weight is 274 g/mol. The van der Waals surface area contributed by atoms with Gasteiger partial charge in [0.15, 0.2) is 5.75 Å². The second-order valence-electron chi connectivity index (χ2n) is 4.15. The standard InChI is InChI=1S/C14H14N2O4/c1-9-5-4-6-10(7-9)16-8-11(19-2)13(17)12(15-16)14(18)20-3/h4-8H,1-3H3. The van der Waals surface area contributed by atoms with Gasteiger partial charge in [0, 0.05) is 0 Å². The number of esters is 1. The molecule has 0 saturated heterocycles. The van der Waals surface area contributed by atoms with Gasteiger partial charge >= 0.3 is 5.97 Å². The summed E-state index contributed by atoms with van der Waals surface area (Å²) < 4.78 is 11.0. The molecule has 0 atom stereocenters. The van der Waals surface area contributed by atoms with E-state index in [1.165, 1.54) is 25.1 Å². The third-order valence-electron chi connectivity index (χ3n) is 2.75. The van der Waals surface area contributed by atoms with Crippen molar-refractivity contribution in [3.8, 4) is 11.4 Å². The maximum atomic E-state index is 11.9. The third kappa shape index (κ3) is 2.54. The van der Waals surface area contributed by atoms with E-state index in [2.05, 4.69) is 9.84 Å². The number of hydrogen-bond donors (Lipinski definition) is 0. The van der Waals surface area contributed by atoms with E-state index < -0.39 is 11.4 Å². The topological polar surface area (TPSA) is 70.4 Å². The van der Waals surface area contributed by atoms with Crippen molar-refractivity contribution in [3.05, 3.63) is 51.9 Å². The molecule has 0 saturated carbocycles. The van der Waals surface area contributed by atoms with Crippen molar-refractivity contribution in [2.45, 2.75) is 6.92 Å². The van der Waals surface area contributed by atoms with Crippen LogP contribution in [-0.2, 0) is 4.74 Å². The number of ether oxygens (including phenoxy) is 2. The largest absolute Gasteiger partial charge is 0.491 e. The van der Waals surface area contributed by atoms with Crippen LogP contribution in [-0.4, -0.2) is 30.0 Å². The van der Waals surface area contributed by atoms with E-state index in [0.717, 1.165) is 5.56 Å². The Labute approximate surface area is 115 Å². The van der Waals surface area contributed by atoms with Crippen LogP contribution in [0.5, 0.6) is 5.75 Å². The molecule has 0 aliphatic heterocycles. The van der Waals surface area contributed by atoms with Crippen LogP contribution >= 0.6 is 0 Å². The first-order valence-electron chi connectivity index (χ1n) is 5.90. The van der Waals surface area contributed by atoms with Gasteiger partial charge in [-0.15, -0.1) is 0 Å². The number of aryl methyl sites for hydroxylation is 1. The maximum Gasteiger partial charge on any atom is 0.362 e. The zero-order valence-electron chi connectivity index (χ0n) is 11.4. The SMILES string of the molecule is COC(=O)c1nn(-c2cccc(C)c2)cc(OC)c1=O. The zero-order valence-corrected chi connectivity index (χ0v) is 11.4. The van der Waals surface area contributed by atoms with Gasteiger partial charge in [0.05, 0.1) is 26.1 Å².